The lowest BCUT2D eigenvalue weighted by molar-refractivity contribution is 0.0804. The summed E-state index contributed by atoms with van der Waals surface area (Å²) in [6.07, 6.45) is -0.951. The third-order valence-corrected chi connectivity index (χ3v) is 3.41. The van der Waals surface area contributed by atoms with Crippen molar-refractivity contribution in [3.8, 4) is 11.5 Å². The van der Waals surface area contributed by atoms with Crippen molar-refractivity contribution in [1.29, 1.82) is 0 Å². The Labute approximate surface area is 130 Å². The van der Waals surface area contributed by atoms with E-state index < -0.39 is 13.0 Å². The second-order valence-corrected chi connectivity index (χ2v) is 5.13. The summed E-state index contributed by atoms with van der Waals surface area (Å²) in [4.78, 5) is 4.21. The molecule has 0 aliphatic carbocycles. The van der Waals surface area contributed by atoms with Gasteiger partial charge in [-0.1, -0.05) is 0 Å². The number of alkyl halides is 2. The highest BCUT2D eigenvalue weighted by atomic mass is 32.1. The standard InChI is InChI=1S/C14H15F2N3O2S/c1-9-8-22-14(18-9)19-17-6-10-3-4-11(12(5-10)20-2)21-7-13(15)16/h3-6,8,13H,7H2,1-2H3,(H,18,19). The quantitative estimate of drug-likeness (QED) is 0.624. The van der Waals surface area contributed by atoms with Crippen LogP contribution in [0.4, 0.5) is 13.9 Å². The zero-order chi connectivity index (χ0) is 15.9. The first-order valence-electron chi connectivity index (χ1n) is 6.38. The Morgan fingerprint density at radius 3 is 2.86 bits per heavy atom. The summed E-state index contributed by atoms with van der Waals surface area (Å²) in [5, 5.41) is 6.67. The third-order valence-electron chi connectivity index (χ3n) is 2.55. The number of ether oxygens (including phenoxy) is 2. The highest BCUT2D eigenvalue weighted by Crippen LogP contribution is 2.28. The van der Waals surface area contributed by atoms with Gasteiger partial charge in [0.1, 0.15) is 6.61 Å². The van der Waals surface area contributed by atoms with E-state index in [9.17, 15) is 8.78 Å². The van der Waals surface area contributed by atoms with Crippen LogP contribution in [0.25, 0.3) is 0 Å². The molecule has 0 unspecified atom stereocenters. The summed E-state index contributed by atoms with van der Waals surface area (Å²) in [5.74, 6) is 0.637. The molecule has 1 aromatic carbocycles. The van der Waals surface area contributed by atoms with Gasteiger partial charge in [0.05, 0.1) is 19.0 Å². The Hall–Kier alpha value is -2.22. The molecule has 0 atom stereocenters. The molecule has 0 aliphatic rings. The van der Waals surface area contributed by atoms with Crippen molar-refractivity contribution in [3.05, 3.63) is 34.8 Å². The highest BCUT2D eigenvalue weighted by molar-refractivity contribution is 7.13. The van der Waals surface area contributed by atoms with Crippen LogP contribution in [0, 0.1) is 6.92 Å². The molecule has 2 rings (SSSR count). The van der Waals surface area contributed by atoms with Gasteiger partial charge in [0.2, 0.25) is 5.13 Å². The molecular weight excluding hydrogens is 312 g/mol. The number of hydrazone groups is 1. The summed E-state index contributed by atoms with van der Waals surface area (Å²) in [6.45, 7) is 1.23. The number of hydrogen-bond acceptors (Lipinski definition) is 6. The van der Waals surface area contributed by atoms with Crippen molar-refractivity contribution in [1.82, 2.24) is 4.98 Å². The predicted molar refractivity (Wildman–Crippen MR) is 82.6 cm³/mol. The third kappa shape index (κ3) is 4.66. The normalized spacial score (nSPS) is 11.1. The summed E-state index contributed by atoms with van der Waals surface area (Å²) in [6, 6.07) is 4.91. The van der Waals surface area contributed by atoms with Crippen molar-refractivity contribution in [2.24, 2.45) is 5.10 Å². The van der Waals surface area contributed by atoms with E-state index in [1.807, 2.05) is 12.3 Å². The fourth-order valence-corrected chi connectivity index (χ4v) is 2.24. The van der Waals surface area contributed by atoms with Gasteiger partial charge in [0, 0.05) is 5.38 Å². The van der Waals surface area contributed by atoms with Gasteiger partial charge in [-0.3, -0.25) is 5.43 Å². The van der Waals surface area contributed by atoms with E-state index in [0.29, 0.717) is 10.9 Å². The number of nitrogens with zero attached hydrogens (tertiary/aromatic N) is 2. The first-order valence-corrected chi connectivity index (χ1v) is 7.26. The van der Waals surface area contributed by atoms with Crippen molar-refractivity contribution in [2.45, 2.75) is 13.3 Å². The van der Waals surface area contributed by atoms with E-state index >= 15 is 0 Å². The fraction of sp³-hybridized carbons (Fsp3) is 0.286. The number of anilines is 1. The van der Waals surface area contributed by atoms with Crippen LogP contribution in [0.5, 0.6) is 11.5 Å². The van der Waals surface area contributed by atoms with Gasteiger partial charge in [-0.15, -0.1) is 11.3 Å². The van der Waals surface area contributed by atoms with Gasteiger partial charge in [-0.25, -0.2) is 13.8 Å². The molecule has 22 heavy (non-hydrogen) atoms. The maximum absolute atomic E-state index is 12.2. The Morgan fingerprint density at radius 1 is 1.41 bits per heavy atom. The first-order chi connectivity index (χ1) is 10.6. The van der Waals surface area contributed by atoms with Crippen molar-refractivity contribution in [3.63, 3.8) is 0 Å². The van der Waals surface area contributed by atoms with E-state index in [1.54, 1.807) is 24.4 Å². The summed E-state index contributed by atoms with van der Waals surface area (Å²) >= 11 is 1.45. The number of halogens is 2. The van der Waals surface area contributed by atoms with Gasteiger partial charge >= 0.3 is 0 Å². The lowest BCUT2D eigenvalue weighted by Gasteiger charge is -2.10. The molecule has 0 amide bonds. The van der Waals surface area contributed by atoms with Crippen LogP contribution in [0.3, 0.4) is 0 Å². The molecule has 5 nitrogen and oxygen atoms in total. The molecule has 2 aromatic rings. The first kappa shape index (κ1) is 16.2. The van der Waals surface area contributed by atoms with Gasteiger partial charge in [-0.2, -0.15) is 5.10 Å². The molecule has 8 heteroatoms. The summed E-state index contributed by atoms with van der Waals surface area (Å²) < 4.78 is 34.4. The van der Waals surface area contributed by atoms with Crippen LogP contribution in [-0.4, -0.2) is 31.3 Å². The largest absolute Gasteiger partial charge is 0.493 e. The molecule has 0 bridgehead atoms. The van der Waals surface area contributed by atoms with Crippen LogP contribution in [0.15, 0.2) is 28.7 Å². The fourth-order valence-electron chi connectivity index (χ4n) is 1.60. The van der Waals surface area contributed by atoms with Crippen LogP contribution in [0.1, 0.15) is 11.3 Å². The van der Waals surface area contributed by atoms with E-state index in [-0.39, 0.29) is 5.75 Å². The molecular formula is C14H15F2N3O2S. The Morgan fingerprint density at radius 2 is 2.23 bits per heavy atom. The van der Waals surface area contributed by atoms with E-state index in [2.05, 4.69) is 15.5 Å². The zero-order valence-corrected chi connectivity index (χ0v) is 12.9. The van der Waals surface area contributed by atoms with Crippen LogP contribution >= 0.6 is 11.3 Å². The summed E-state index contributed by atoms with van der Waals surface area (Å²) in [7, 11) is 1.45. The second kappa shape index (κ2) is 7.69. The minimum atomic E-state index is -2.53. The number of rotatable bonds is 7. The molecule has 118 valence electrons. The van der Waals surface area contributed by atoms with E-state index in [4.69, 9.17) is 9.47 Å². The van der Waals surface area contributed by atoms with Crippen molar-refractivity contribution >= 4 is 22.7 Å². The maximum atomic E-state index is 12.2. The van der Waals surface area contributed by atoms with Crippen LogP contribution < -0.4 is 14.9 Å². The SMILES string of the molecule is COc1cc(C=NNc2nc(C)cs2)ccc1OCC(F)F. The maximum Gasteiger partial charge on any atom is 0.272 e. The highest BCUT2D eigenvalue weighted by Gasteiger charge is 2.08. The van der Waals surface area contributed by atoms with Crippen molar-refractivity contribution < 1.29 is 18.3 Å². The monoisotopic (exact) mass is 327 g/mol. The summed E-state index contributed by atoms with van der Waals surface area (Å²) in [5.41, 5.74) is 4.47. The minimum Gasteiger partial charge on any atom is -0.493 e. The number of hydrogen-bond donors (Lipinski definition) is 1. The lowest BCUT2D eigenvalue weighted by Crippen LogP contribution is -2.07. The number of aryl methyl sites for hydroxylation is 1. The minimum absolute atomic E-state index is 0.267. The molecule has 1 N–H and O–H groups in total. The Balaban J connectivity index is 2.02. The van der Waals surface area contributed by atoms with Gasteiger partial charge in [0.25, 0.3) is 6.43 Å². The predicted octanol–water partition coefficient (Wildman–Crippen LogP) is 3.55. The van der Waals surface area contributed by atoms with Gasteiger partial charge < -0.3 is 9.47 Å². The van der Waals surface area contributed by atoms with Gasteiger partial charge in [-0.05, 0) is 30.7 Å². The molecule has 0 radical (unpaired) electrons. The van der Waals surface area contributed by atoms with Crippen LogP contribution in [0.2, 0.25) is 0 Å². The van der Waals surface area contributed by atoms with Gasteiger partial charge in [0.15, 0.2) is 11.5 Å². The number of methoxy groups -OCH3 is 1. The van der Waals surface area contributed by atoms with Crippen LogP contribution in [-0.2, 0) is 0 Å². The number of aromatic nitrogens is 1. The Bertz CT molecular complexity index is 647. The zero-order valence-electron chi connectivity index (χ0n) is 12.0. The molecule has 0 aliphatic heterocycles. The molecule has 1 heterocycles. The number of nitrogens with one attached hydrogen (secondary N) is 1. The smallest absolute Gasteiger partial charge is 0.272 e. The molecule has 0 fully saturated rings. The number of thiazole rings is 1. The van der Waals surface area contributed by atoms with E-state index in [1.165, 1.54) is 18.4 Å². The van der Waals surface area contributed by atoms with Crippen molar-refractivity contribution in [2.75, 3.05) is 19.1 Å². The lowest BCUT2D eigenvalue weighted by atomic mass is 10.2. The second-order valence-electron chi connectivity index (χ2n) is 4.28. The molecule has 0 saturated heterocycles. The average molecular weight is 327 g/mol. The number of benzene rings is 1. The molecule has 1 aromatic heterocycles. The topological polar surface area (TPSA) is 55.7 Å². The average Bonchev–Trinajstić information content (AvgIpc) is 2.91. The Kier molecular flexibility index (Phi) is 5.65. The van der Waals surface area contributed by atoms with E-state index in [0.717, 1.165) is 11.3 Å². The molecule has 0 spiro atoms. The molecule has 0 saturated carbocycles.